The second-order valence-electron chi connectivity index (χ2n) is 12.1. The first-order chi connectivity index (χ1) is 14.5. The van der Waals surface area contributed by atoms with Crippen molar-refractivity contribution in [3.05, 3.63) is 12.2 Å². The summed E-state index contributed by atoms with van der Waals surface area (Å²) in [5.41, 5.74) is -1.20. The SMILES string of the molecule is C=C1C[C@@]23CC4[C@@H]5[C@]6(C)C[C@H](OC(C)=O)C[C@@]57[C@@H]2[C@H](O)[C@@H]1C(OC(C)=O)[C@]3(O)[C@H]7N4C6. The van der Waals surface area contributed by atoms with E-state index in [0.717, 1.165) is 25.0 Å². The summed E-state index contributed by atoms with van der Waals surface area (Å²) in [4.78, 5) is 26.5. The molecule has 9 aliphatic rings. The van der Waals surface area contributed by atoms with Crippen molar-refractivity contribution in [1.29, 1.82) is 0 Å². The highest BCUT2D eigenvalue weighted by Gasteiger charge is 2.95. The molecule has 0 aromatic carbocycles. The summed E-state index contributed by atoms with van der Waals surface area (Å²) < 4.78 is 11.6. The highest BCUT2D eigenvalue weighted by Crippen LogP contribution is 2.88. The zero-order chi connectivity index (χ0) is 21.9. The highest BCUT2D eigenvalue weighted by atomic mass is 16.6. The van der Waals surface area contributed by atoms with Gasteiger partial charge in [-0.25, -0.2) is 0 Å². The van der Waals surface area contributed by atoms with Crippen LogP contribution in [0.1, 0.15) is 46.5 Å². The number of nitrogens with zero attached hydrogens (tertiary/aromatic N) is 1. The average molecular weight is 430 g/mol. The van der Waals surface area contributed by atoms with Crippen LogP contribution in [-0.4, -0.2) is 69.6 Å². The standard InChI is InChI=1S/C24H31NO6/c1-10-5-22-8-14-17-21(4)6-13(30-11(2)26)7-23(17)18(22)16(28)15(10)19(31-12(3)27)24(22,29)20(23)25(14)9-21/h13-20,28-29H,1,5-9H2,2-4H3/t13-,14?,15+,16+,17+,18+,19?,20-,21+,22+,23-,24-/m0/s1. The highest BCUT2D eigenvalue weighted by molar-refractivity contribution is 5.67. The predicted octanol–water partition coefficient (Wildman–Crippen LogP) is 1.02. The molecule has 7 nitrogen and oxygen atoms in total. The number of carbonyl (C=O) groups is 2. The molecule has 13 atom stereocenters. The fourth-order valence-electron chi connectivity index (χ4n) is 11.3. The number of fused-ring (bicyclic) bond motifs is 1. The van der Waals surface area contributed by atoms with E-state index in [-0.39, 0.29) is 34.9 Å². The largest absolute Gasteiger partial charge is 0.463 e. The molecule has 2 spiro atoms. The van der Waals surface area contributed by atoms with Crippen molar-refractivity contribution in [1.82, 2.24) is 4.90 Å². The molecule has 2 N–H and O–H groups in total. The molecule has 9 bridgehead atoms. The number of esters is 2. The van der Waals surface area contributed by atoms with Gasteiger partial charge in [-0.3, -0.25) is 14.5 Å². The van der Waals surface area contributed by atoms with Gasteiger partial charge < -0.3 is 19.7 Å². The molecule has 0 aromatic heterocycles. The first-order valence-corrected chi connectivity index (χ1v) is 11.7. The molecule has 31 heavy (non-hydrogen) atoms. The molecule has 7 heteroatoms. The van der Waals surface area contributed by atoms with E-state index in [2.05, 4.69) is 18.4 Å². The van der Waals surface area contributed by atoms with Crippen molar-refractivity contribution in [3.63, 3.8) is 0 Å². The third kappa shape index (κ3) is 1.65. The van der Waals surface area contributed by atoms with Crippen molar-refractivity contribution >= 4 is 11.9 Å². The van der Waals surface area contributed by atoms with Gasteiger partial charge in [-0.1, -0.05) is 19.1 Å². The summed E-state index contributed by atoms with van der Waals surface area (Å²) in [5.74, 6) is -0.896. The normalized spacial score (nSPS) is 63.5. The van der Waals surface area contributed by atoms with Crippen molar-refractivity contribution in [3.8, 4) is 0 Å². The Labute approximate surface area is 181 Å². The van der Waals surface area contributed by atoms with Gasteiger partial charge in [0, 0.05) is 55.1 Å². The molecule has 168 valence electrons. The van der Waals surface area contributed by atoms with Crippen LogP contribution >= 0.6 is 0 Å². The van der Waals surface area contributed by atoms with Gasteiger partial charge in [0.05, 0.1) is 6.10 Å². The summed E-state index contributed by atoms with van der Waals surface area (Å²) in [6.45, 7) is 10.3. The van der Waals surface area contributed by atoms with E-state index in [9.17, 15) is 19.8 Å². The van der Waals surface area contributed by atoms with Gasteiger partial charge >= 0.3 is 11.9 Å². The van der Waals surface area contributed by atoms with E-state index < -0.39 is 35.1 Å². The monoisotopic (exact) mass is 429 g/mol. The quantitative estimate of drug-likeness (QED) is 0.500. The molecular formula is C24H31NO6. The lowest BCUT2D eigenvalue weighted by atomic mass is 9.39. The van der Waals surface area contributed by atoms with E-state index >= 15 is 0 Å². The molecule has 3 heterocycles. The van der Waals surface area contributed by atoms with Crippen LogP contribution in [0.25, 0.3) is 0 Å². The van der Waals surface area contributed by atoms with Crippen molar-refractivity contribution in [2.24, 2.45) is 34.0 Å². The number of ether oxygens (including phenoxy) is 2. The van der Waals surface area contributed by atoms with E-state index in [1.165, 1.54) is 13.8 Å². The number of rotatable bonds is 2. The maximum Gasteiger partial charge on any atom is 0.303 e. The number of hydrogen-bond donors (Lipinski definition) is 2. The van der Waals surface area contributed by atoms with Crippen LogP contribution in [0.3, 0.4) is 0 Å². The van der Waals surface area contributed by atoms with Crippen LogP contribution in [0.5, 0.6) is 0 Å². The maximum absolute atomic E-state index is 12.6. The summed E-state index contributed by atoms with van der Waals surface area (Å²) in [6.07, 6.45) is 1.30. The van der Waals surface area contributed by atoms with Gasteiger partial charge in [-0.05, 0) is 37.0 Å². The second-order valence-corrected chi connectivity index (χ2v) is 12.1. The molecule has 9 fully saturated rings. The molecule has 3 unspecified atom stereocenters. The van der Waals surface area contributed by atoms with Gasteiger partial charge in [0.25, 0.3) is 0 Å². The Morgan fingerprint density at radius 2 is 1.84 bits per heavy atom. The van der Waals surface area contributed by atoms with E-state index in [0.29, 0.717) is 24.8 Å². The van der Waals surface area contributed by atoms with Gasteiger partial charge in [0.1, 0.15) is 17.8 Å². The summed E-state index contributed by atoms with van der Waals surface area (Å²) in [7, 11) is 0. The van der Waals surface area contributed by atoms with E-state index in [4.69, 9.17) is 9.47 Å². The van der Waals surface area contributed by atoms with Gasteiger partial charge in [0.15, 0.2) is 0 Å². The van der Waals surface area contributed by atoms with Crippen LogP contribution in [0.4, 0.5) is 0 Å². The Hall–Kier alpha value is -1.44. The third-order valence-corrected chi connectivity index (χ3v) is 10.9. The molecule has 3 aliphatic heterocycles. The van der Waals surface area contributed by atoms with Crippen LogP contribution in [-0.2, 0) is 19.1 Å². The fraction of sp³-hybridized carbons (Fsp3) is 0.833. The molecular weight excluding hydrogens is 398 g/mol. The minimum atomic E-state index is -1.21. The number of piperidine rings is 2. The van der Waals surface area contributed by atoms with E-state index in [1.54, 1.807) is 0 Å². The van der Waals surface area contributed by atoms with Gasteiger partial charge in [-0.2, -0.15) is 0 Å². The lowest BCUT2D eigenvalue weighted by Gasteiger charge is -2.68. The average Bonchev–Trinajstić information content (AvgIpc) is 3.03. The Balaban J connectivity index is 1.47. The molecule has 6 aliphatic carbocycles. The fourth-order valence-corrected chi connectivity index (χ4v) is 11.3. The smallest absolute Gasteiger partial charge is 0.303 e. The van der Waals surface area contributed by atoms with E-state index in [1.807, 2.05) is 0 Å². The molecule has 9 rings (SSSR count). The number of hydrogen-bond acceptors (Lipinski definition) is 7. The lowest BCUT2D eigenvalue weighted by molar-refractivity contribution is -0.284. The minimum Gasteiger partial charge on any atom is -0.463 e. The summed E-state index contributed by atoms with van der Waals surface area (Å²) in [5, 5.41) is 24.4. The molecule has 3 saturated heterocycles. The molecule has 0 radical (unpaired) electrons. The predicted molar refractivity (Wildman–Crippen MR) is 107 cm³/mol. The second kappa shape index (κ2) is 5.05. The maximum atomic E-state index is 12.6. The third-order valence-electron chi connectivity index (χ3n) is 10.9. The first kappa shape index (κ1) is 19.1. The Morgan fingerprint density at radius 1 is 1.13 bits per heavy atom. The lowest BCUT2D eigenvalue weighted by Crippen LogP contribution is -2.77. The van der Waals surface area contributed by atoms with Crippen LogP contribution < -0.4 is 0 Å². The molecule has 0 aromatic rings. The van der Waals surface area contributed by atoms with Gasteiger partial charge in [-0.15, -0.1) is 0 Å². The number of carbonyl (C=O) groups excluding carboxylic acids is 2. The summed E-state index contributed by atoms with van der Waals surface area (Å²) in [6, 6.07) is 0.176. The Bertz CT molecular complexity index is 966. The Kier molecular flexibility index (Phi) is 3.10. The topological polar surface area (TPSA) is 96.3 Å². The van der Waals surface area contributed by atoms with Crippen LogP contribution in [0.15, 0.2) is 12.2 Å². The van der Waals surface area contributed by atoms with Crippen molar-refractivity contribution in [2.45, 2.75) is 82.5 Å². The van der Waals surface area contributed by atoms with Crippen LogP contribution in [0, 0.1) is 34.0 Å². The zero-order valence-electron chi connectivity index (χ0n) is 18.3. The zero-order valence-corrected chi connectivity index (χ0v) is 18.3. The number of aliphatic hydroxyl groups excluding tert-OH is 1. The van der Waals surface area contributed by atoms with Gasteiger partial charge in [0.2, 0.25) is 0 Å². The van der Waals surface area contributed by atoms with Crippen molar-refractivity contribution in [2.75, 3.05) is 6.54 Å². The first-order valence-electron chi connectivity index (χ1n) is 11.7. The summed E-state index contributed by atoms with van der Waals surface area (Å²) >= 11 is 0. The molecule has 0 amide bonds. The van der Waals surface area contributed by atoms with Crippen LogP contribution in [0.2, 0.25) is 0 Å². The minimum absolute atomic E-state index is 0.0120. The molecule has 6 saturated carbocycles. The van der Waals surface area contributed by atoms with Crippen molar-refractivity contribution < 1.29 is 29.3 Å². The Morgan fingerprint density at radius 3 is 2.52 bits per heavy atom. The number of aliphatic hydroxyl groups is 2.